The molecule has 8 unspecified atom stereocenters. The standard InChI is InChI=1S/C69H122B2N4O20S4/c1-15-19-21-22-25-38-96-97-39-29-73-57(82)69(12,71-48-67(10,61(87)92-32-30-75(13)14)45-64(7,59(85)91-31-20-16-2)43-63(6,27-17-3)58(83)84)46-65(8,60(86)94-37-40-98-99-51-26-23-24-28-72-51)44-66(9,56(81)74-41-49(5)77)47-70-68(11,18-4)62(88)93-36-34-89-33-35-90-55-54(80)53(79)52(78)50(42-76)95-55/h23-24,26,28,49-50,52-55,70-71,76-80H,15-22,25,27,29-48H2,1-14H3,(H,73,82)(H,74,81)(H,83,84)/t49?,50-,52+,53+,54-,55-,63?,64?,65?,66?,67?,68?,69?/m1/s1. The maximum Gasteiger partial charge on any atom is 0.311 e. The molecule has 30 heteroatoms. The molecule has 1 aliphatic rings. The Bertz CT molecular complexity index is 2560. The minimum Gasteiger partial charge on any atom is -0.481 e. The molecule has 0 radical (unpaired) electrons. The van der Waals surface area contributed by atoms with Crippen LogP contribution in [0, 0.1) is 27.1 Å². The van der Waals surface area contributed by atoms with Gasteiger partial charge in [-0.05, 0) is 123 Å². The molecule has 568 valence electrons. The van der Waals surface area contributed by atoms with Gasteiger partial charge in [-0.2, -0.15) is 0 Å². The van der Waals surface area contributed by atoms with Crippen molar-refractivity contribution in [1.29, 1.82) is 0 Å². The number of aromatic nitrogens is 1. The lowest BCUT2D eigenvalue weighted by atomic mass is 9.41. The van der Waals surface area contributed by atoms with Gasteiger partial charge in [-0.1, -0.05) is 138 Å². The first-order chi connectivity index (χ1) is 46.6. The molecule has 2 amide bonds. The van der Waals surface area contributed by atoms with Gasteiger partial charge in [0.05, 0.1) is 60.8 Å². The largest absolute Gasteiger partial charge is 0.481 e. The van der Waals surface area contributed by atoms with Crippen molar-refractivity contribution in [2.24, 2.45) is 27.1 Å². The SMILES string of the molecule is CCCCCCCSSCCNC(=O)C(C)(BCC(C)(CC(C)(CC(C)(CCC)C(=O)O)C(=O)OCCCC)C(=O)OCCN(C)C)CC(C)(CC(C)(CBC(C)(CC)C(=O)OCCOCCO[C@@H]1O[C@H](CO)[C@H](O)[C@H](O)[C@H]1O)C(=O)NCC(C)O)C(=O)OCCSSc1ccccn1. The van der Waals surface area contributed by atoms with Crippen molar-refractivity contribution in [3.63, 3.8) is 0 Å². The number of carboxylic acids is 1. The predicted octanol–water partition coefficient (Wildman–Crippen LogP) is 8.11. The summed E-state index contributed by atoms with van der Waals surface area (Å²) < 4.78 is 40.6. The first kappa shape index (κ1) is 91.7. The highest BCUT2D eigenvalue weighted by atomic mass is 33.1. The zero-order valence-corrected chi connectivity index (χ0v) is 65.1. The van der Waals surface area contributed by atoms with E-state index in [-0.39, 0.29) is 125 Å². The molecule has 8 N–H and O–H groups in total. The van der Waals surface area contributed by atoms with Crippen molar-refractivity contribution < 1.29 is 97.4 Å². The number of carboxylic acid groups (broad SMARTS) is 1. The molecule has 2 rings (SSSR count). The Balaban J connectivity index is 2.84. The molecule has 0 saturated carbocycles. The van der Waals surface area contributed by atoms with Crippen LogP contribution in [0.1, 0.15) is 173 Å². The lowest BCUT2D eigenvalue weighted by molar-refractivity contribution is -0.302. The number of rotatable bonds is 55. The highest BCUT2D eigenvalue weighted by Crippen LogP contribution is 2.53. The number of ether oxygens (including phenoxy) is 7. The Morgan fingerprint density at radius 1 is 0.616 bits per heavy atom. The van der Waals surface area contributed by atoms with Crippen LogP contribution >= 0.6 is 43.2 Å². The third-order valence-corrected chi connectivity index (χ3v) is 23.4. The smallest absolute Gasteiger partial charge is 0.311 e. The number of hydrogen-bond acceptors (Lipinski definition) is 25. The molecule has 1 aromatic heterocycles. The maximum atomic E-state index is 15.6. The lowest BCUT2D eigenvalue weighted by Crippen LogP contribution is -2.59. The number of aliphatic hydroxyl groups excluding tert-OH is 5. The Morgan fingerprint density at radius 3 is 1.82 bits per heavy atom. The van der Waals surface area contributed by atoms with Gasteiger partial charge in [-0.15, -0.1) is 0 Å². The summed E-state index contributed by atoms with van der Waals surface area (Å²) in [4.78, 5) is 110. The number of unbranched alkanes of at least 4 members (excludes halogenated alkanes) is 5. The number of nitrogens with one attached hydrogen (secondary N) is 2. The summed E-state index contributed by atoms with van der Waals surface area (Å²) in [5.41, 5.74) is -7.82. The second kappa shape index (κ2) is 46.4. The van der Waals surface area contributed by atoms with E-state index in [0.29, 0.717) is 37.3 Å². The van der Waals surface area contributed by atoms with Crippen LogP contribution in [-0.4, -0.2) is 237 Å². The van der Waals surface area contributed by atoms with Crippen LogP contribution < -0.4 is 10.6 Å². The van der Waals surface area contributed by atoms with E-state index in [1.54, 1.807) is 89.2 Å². The van der Waals surface area contributed by atoms with Gasteiger partial charge in [0.25, 0.3) is 0 Å². The van der Waals surface area contributed by atoms with Crippen LogP contribution in [0.2, 0.25) is 23.3 Å². The van der Waals surface area contributed by atoms with Crippen molar-refractivity contribution >= 4 is 99.4 Å². The van der Waals surface area contributed by atoms with Crippen LogP contribution in [0.5, 0.6) is 0 Å². The third-order valence-electron chi connectivity index (χ3n) is 18.7. The molecule has 0 aliphatic carbocycles. The second-order valence-corrected chi connectivity index (χ2v) is 34.0. The number of aliphatic hydroxyl groups is 5. The number of carbonyl (C=O) groups excluding carboxylic acids is 6. The zero-order valence-electron chi connectivity index (χ0n) is 61.8. The van der Waals surface area contributed by atoms with Gasteiger partial charge in [-0.3, -0.25) is 33.6 Å². The number of amides is 2. The van der Waals surface area contributed by atoms with Crippen LogP contribution in [0.25, 0.3) is 0 Å². The van der Waals surface area contributed by atoms with Crippen LogP contribution in [0.3, 0.4) is 0 Å². The molecular weight excluding hydrogens is 1350 g/mol. The van der Waals surface area contributed by atoms with E-state index in [1.165, 1.54) is 41.4 Å². The van der Waals surface area contributed by atoms with Gasteiger partial charge in [0.15, 0.2) is 6.29 Å². The molecule has 0 bridgehead atoms. The van der Waals surface area contributed by atoms with Crippen LogP contribution in [-0.2, 0) is 66.7 Å². The average Bonchev–Trinajstić information content (AvgIpc) is 0.793. The van der Waals surface area contributed by atoms with Crippen molar-refractivity contribution in [2.45, 2.75) is 238 Å². The number of nitrogens with zero attached hydrogens (tertiary/aromatic N) is 2. The van der Waals surface area contributed by atoms with E-state index in [1.807, 2.05) is 45.0 Å². The van der Waals surface area contributed by atoms with Gasteiger partial charge in [0.1, 0.15) is 63.8 Å². The monoisotopic (exact) mass is 1480 g/mol. The summed E-state index contributed by atoms with van der Waals surface area (Å²) in [6.07, 6.45) is 0.295. The minimum absolute atomic E-state index is 0.0171. The van der Waals surface area contributed by atoms with Crippen molar-refractivity contribution in [2.75, 3.05) is 104 Å². The topological polar surface area (TPSA) is 346 Å². The fourth-order valence-electron chi connectivity index (χ4n) is 12.5. The van der Waals surface area contributed by atoms with Gasteiger partial charge in [-0.25, -0.2) is 4.98 Å². The Kier molecular flexibility index (Phi) is 43.0. The second-order valence-electron chi connectivity index (χ2n) is 28.9. The number of aliphatic carboxylic acids is 1. The van der Waals surface area contributed by atoms with E-state index in [2.05, 4.69) is 22.5 Å². The summed E-state index contributed by atoms with van der Waals surface area (Å²) >= 11 is 0. The average molecular weight is 1480 g/mol. The first-order valence-corrected chi connectivity index (χ1v) is 40.2. The number of likely N-dealkylation sites (N-methyl/N-ethyl adjacent to an activating group) is 1. The first-order valence-electron chi connectivity index (χ1n) is 35.4. The zero-order chi connectivity index (χ0) is 74.5. The summed E-state index contributed by atoms with van der Waals surface area (Å²) in [6, 6.07) is 5.52. The molecule has 1 saturated heterocycles. The Labute approximate surface area is 607 Å². The summed E-state index contributed by atoms with van der Waals surface area (Å²) in [5, 5.41) is 65.5. The molecular formula is C69H122B2N4O20S4. The minimum atomic E-state index is -1.71. The predicted molar refractivity (Wildman–Crippen MR) is 394 cm³/mol. The number of hydrogen-bond donors (Lipinski definition) is 8. The third kappa shape index (κ3) is 31.9. The van der Waals surface area contributed by atoms with Crippen molar-refractivity contribution in [3.05, 3.63) is 24.4 Å². The van der Waals surface area contributed by atoms with Gasteiger partial charge < -0.3 is 79.3 Å². The quantitative estimate of drug-likeness (QED) is 0.0100. The van der Waals surface area contributed by atoms with E-state index in [0.717, 1.165) is 30.0 Å². The molecule has 0 aromatic carbocycles. The molecule has 13 atom stereocenters. The normalized spacial score (nSPS) is 20.9. The van der Waals surface area contributed by atoms with E-state index in [9.17, 15) is 45.0 Å². The summed E-state index contributed by atoms with van der Waals surface area (Å²) in [5.74, 6) is -2.96. The highest BCUT2D eigenvalue weighted by Gasteiger charge is 2.55. The Morgan fingerprint density at radius 2 is 1.20 bits per heavy atom. The van der Waals surface area contributed by atoms with E-state index in [4.69, 9.17) is 33.2 Å². The summed E-state index contributed by atoms with van der Waals surface area (Å²) in [6.45, 7) is 20.3. The molecule has 24 nitrogen and oxygen atoms in total. The summed E-state index contributed by atoms with van der Waals surface area (Å²) in [7, 11) is 9.79. The number of carbonyl (C=O) groups is 7. The van der Waals surface area contributed by atoms with Crippen LogP contribution in [0.15, 0.2) is 29.4 Å². The molecule has 0 spiro atoms. The van der Waals surface area contributed by atoms with Crippen molar-refractivity contribution in [3.8, 4) is 0 Å². The number of pyridine rings is 1. The maximum absolute atomic E-state index is 15.6. The Hall–Kier alpha value is -3.39. The fraction of sp³-hybridized carbons (Fsp3) is 0.826. The number of esters is 4. The molecule has 1 aromatic rings. The van der Waals surface area contributed by atoms with E-state index < -0.39 is 123 Å². The molecule has 2 heterocycles. The lowest BCUT2D eigenvalue weighted by Gasteiger charge is -2.44. The van der Waals surface area contributed by atoms with Gasteiger partial charge >= 0.3 is 29.8 Å². The van der Waals surface area contributed by atoms with Gasteiger partial charge in [0.2, 0.25) is 11.8 Å². The highest BCUT2D eigenvalue weighted by molar-refractivity contribution is 8.77. The van der Waals surface area contributed by atoms with Crippen LogP contribution in [0.4, 0.5) is 0 Å². The fourth-order valence-corrected chi connectivity index (χ4v) is 16.3. The van der Waals surface area contributed by atoms with Gasteiger partial charge in [0, 0.05) is 59.1 Å². The van der Waals surface area contributed by atoms with Crippen molar-refractivity contribution in [1.82, 2.24) is 20.5 Å². The molecule has 99 heavy (non-hydrogen) atoms. The molecule has 1 aliphatic heterocycles. The van der Waals surface area contributed by atoms with E-state index >= 15 is 19.2 Å². The molecule has 1 fully saturated rings.